The number of fused-ring (bicyclic) bond motifs is 1. The van der Waals surface area contributed by atoms with E-state index in [1.165, 1.54) is 7.11 Å². The van der Waals surface area contributed by atoms with E-state index in [9.17, 15) is 10.1 Å². The third-order valence-corrected chi connectivity index (χ3v) is 3.60. The van der Waals surface area contributed by atoms with Gasteiger partial charge in [-0.3, -0.25) is 15.2 Å². The number of nitrogens with zero attached hydrogens (tertiary/aromatic N) is 2. The Morgan fingerprint density at radius 2 is 2.27 bits per heavy atom. The molecule has 114 valence electrons. The van der Waals surface area contributed by atoms with Gasteiger partial charge in [-0.1, -0.05) is 12.1 Å². The van der Waals surface area contributed by atoms with Crippen molar-refractivity contribution in [2.24, 2.45) is 5.73 Å². The SMILES string of the molecule is COc1cccc(C2C([N+](=O)[O-])=C(N)Oc3n[nH]c(C)c32)c1. The molecule has 0 saturated carbocycles. The first-order valence-electron chi connectivity index (χ1n) is 6.53. The summed E-state index contributed by atoms with van der Waals surface area (Å²) in [6.45, 7) is 1.78. The molecule has 1 aromatic heterocycles. The summed E-state index contributed by atoms with van der Waals surface area (Å²) in [5, 5.41) is 18.3. The number of rotatable bonds is 3. The van der Waals surface area contributed by atoms with Crippen molar-refractivity contribution in [2.45, 2.75) is 12.8 Å². The fourth-order valence-electron chi connectivity index (χ4n) is 2.61. The molecule has 1 aromatic carbocycles. The fourth-order valence-corrected chi connectivity index (χ4v) is 2.61. The van der Waals surface area contributed by atoms with Gasteiger partial charge in [0, 0.05) is 5.69 Å². The number of nitrogens with two attached hydrogens (primary N) is 1. The fraction of sp³-hybridized carbons (Fsp3) is 0.214. The van der Waals surface area contributed by atoms with E-state index in [4.69, 9.17) is 15.2 Å². The molecule has 0 aliphatic carbocycles. The Bertz CT molecular complexity index is 781. The molecule has 1 aliphatic heterocycles. The summed E-state index contributed by atoms with van der Waals surface area (Å²) in [5.41, 5.74) is 7.51. The van der Waals surface area contributed by atoms with Crippen LogP contribution in [0, 0.1) is 17.0 Å². The second-order valence-corrected chi connectivity index (χ2v) is 4.89. The maximum Gasteiger partial charge on any atom is 0.317 e. The topological polar surface area (TPSA) is 116 Å². The minimum atomic E-state index is -0.674. The van der Waals surface area contributed by atoms with Crippen LogP contribution in [0.1, 0.15) is 22.7 Å². The number of benzene rings is 1. The Kier molecular flexibility index (Phi) is 3.21. The van der Waals surface area contributed by atoms with Crippen LogP contribution < -0.4 is 15.2 Å². The standard InChI is InChI=1S/C14H14N4O4/c1-7-10-11(8-4-3-5-9(6-8)21-2)12(18(19)20)13(15)22-14(10)17-16-7/h3-6,11H,15H2,1-2H3,(H,16,17). The van der Waals surface area contributed by atoms with E-state index in [0.29, 0.717) is 22.6 Å². The van der Waals surface area contributed by atoms with Crippen LogP contribution in [0.3, 0.4) is 0 Å². The highest BCUT2D eigenvalue weighted by Crippen LogP contribution is 2.43. The van der Waals surface area contributed by atoms with Gasteiger partial charge in [0.2, 0.25) is 5.88 Å². The normalized spacial score (nSPS) is 16.9. The minimum absolute atomic E-state index is 0.203. The van der Waals surface area contributed by atoms with Gasteiger partial charge in [-0.2, -0.15) is 0 Å². The molecule has 1 aliphatic rings. The van der Waals surface area contributed by atoms with E-state index in [1.807, 2.05) is 0 Å². The van der Waals surface area contributed by atoms with Crippen LogP contribution in [-0.2, 0) is 0 Å². The third-order valence-electron chi connectivity index (χ3n) is 3.60. The summed E-state index contributed by atoms with van der Waals surface area (Å²) < 4.78 is 10.5. The molecule has 0 fully saturated rings. The summed E-state index contributed by atoms with van der Waals surface area (Å²) >= 11 is 0. The van der Waals surface area contributed by atoms with Crippen LogP contribution in [0.15, 0.2) is 35.8 Å². The summed E-state index contributed by atoms with van der Waals surface area (Å²) in [6, 6.07) is 7.06. The van der Waals surface area contributed by atoms with Gasteiger partial charge >= 0.3 is 5.70 Å². The molecule has 8 nitrogen and oxygen atoms in total. The lowest BCUT2D eigenvalue weighted by Crippen LogP contribution is -2.25. The van der Waals surface area contributed by atoms with Crippen molar-refractivity contribution in [2.75, 3.05) is 7.11 Å². The van der Waals surface area contributed by atoms with Crippen LogP contribution in [0.2, 0.25) is 0 Å². The van der Waals surface area contributed by atoms with E-state index in [0.717, 1.165) is 0 Å². The van der Waals surface area contributed by atoms with Crippen molar-refractivity contribution in [1.82, 2.24) is 10.2 Å². The quantitative estimate of drug-likeness (QED) is 0.658. The molecular formula is C14H14N4O4. The minimum Gasteiger partial charge on any atom is -0.497 e. The zero-order valence-electron chi connectivity index (χ0n) is 12.0. The monoisotopic (exact) mass is 302 g/mol. The molecule has 0 radical (unpaired) electrons. The molecule has 22 heavy (non-hydrogen) atoms. The summed E-state index contributed by atoms with van der Waals surface area (Å²) in [7, 11) is 1.54. The van der Waals surface area contributed by atoms with Gasteiger partial charge in [-0.15, -0.1) is 5.10 Å². The Morgan fingerprint density at radius 3 is 2.95 bits per heavy atom. The smallest absolute Gasteiger partial charge is 0.317 e. The van der Waals surface area contributed by atoms with Crippen molar-refractivity contribution >= 4 is 0 Å². The lowest BCUT2D eigenvalue weighted by molar-refractivity contribution is -0.432. The van der Waals surface area contributed by atoms with Crippen LogP contribution in [0.5, 0.6) is 11.6 Å². The van der Waals surface area contributed by atoms with Crippen LogP contribution >= 0.6 is 0 Å². The Labute approximate surface area is 125 Å². The molecule has 0 bridgehead atoms. The van der Waals surface area contributed by atoms with E-state index in [1.54, 1.807) is 31.2 Å². The zero-order valence-corrected chi connectivity index (χ0v) is 12.0. The number of nitro groups is 1. The molecular weight excluding hydrogens is 288 g/mol. The molecule has 2 aromatic rings. The Morgan fingerprint density at radius 1 is 1.50 bits per heavy atom. The van der Waals surface area contributed by atoms with Crippen molar-refractivity contribution in [1.29, 1.82) is 0 Å². The summed E-state index contributed by atoms with van der Waals surface area (Å²) in [5.74, 6) is -0.0641. The summed E-state index contributed by atoms with van der Waals surface area (Å²) in [6.07, 6.45) is 0. The van der Waals surface area contributed by atoms with Crippen molar-refractivity contribution < 1.29 is 14.4 Å². The molecule has 0 amide bonds. The van der Waals surface area contributed by atoms with Gasteiger partial charge in [0.15, 0.2) is 0 Å². The largest absolute Gasteiger partial charge is 0.497 e. The highest BCUT2D eigenvalue weighted by Gasteiger charge is 2.41. The van der Waals surface area contributed by atoms with E-state index in [-0.39, 0.29) is 17.5 Å². The highest BCUT2D eigenvalue weighted by atomic mass is 16.6. The Balaban J connectivity index is 2.24. The van der Waals surface area contributed by atoms with Gasteiger partial charge in [-0.25, -0.2) is 0 Å². The van der Waals surface area contributed by atoms with Gasteiger partial charge in [0.05, 0.1) is 17.6 Å². The predicted octanol–water partition coefficient (Wildman–Crippen LogP) is 1.66. The van der Waals surface area contributed by atoms with E-state index < -0.39 is 10.8 Å². The summed E-state index contributed by atoms with van der Waals surface area (Å²) in [4.78, 5) is 11.0. The number of allylic oxidation sites excluding steroid dienone is 1. The molecule has 1 atom stereocenters. The lowest BCUT2D eigenvalue weighted by atomic mass is 9.87. The third kappa shape index (κ3) is 2.05. The molecule has 0 spiro atoms. The molecule has 3 N–H and O–H groups in total. The first kappa shape index (κ1) is 13.9. The number of aromatic amines is 1. The van der Waals surface area contributed by atoms with Gasteiger partial charge in [0.1, 0.15) is 11.7 Å². The molecule has 8 heteroatoms. The average molecular weight is 302 g/mol. The number of nitrogens with one attached hydrogen (secondary N) is 1. The van der Waals surface area contributed by atoms with Crippen LogP contribution in [0.25, 0.3) is 0 Å². The van der Waals surface area contributed by atoms with Crippen molar-refractivity contribution in [3.63, 3.8) is 0 Å². The number of aryl methyl sites for hydroxylation is 1. The Hall–Kier alpha value is -3.03. The predicted molar refractivity (Wildman–Crippen MR) is 77.0 cm³/mol. The molecule has 3 rings (SSSR count). The highest BCUT2D eigenvalue weighted by molar-refractivity contribution is 5.50. The lowest BCUT2D eigenvalue weighted by Gasteiger charge is -2.21. The number of ether oxygens (including phenoxy) is 2. The van der Waals surface area contributed by atoms with E-state index >= 15 is 0 Å². The number of methoxy groups -OCH3 is 1. The van der Waals surface area contributed by atoms with Crippen LogP contribution in [0.4, 0.5) is 0 Å². The van der Waals surface area contributed by atoms with Crippen molar-refractivity contribution in [3.05, 3.63) is 62.8 Å². The zero-order chi connectivity index (χ0) is 15.9. The van der Waals surface area contributed by atoms with Gasteiger partial charge < -0.3 is 15.2 Å². The first-order valence-corrected chi connectivity index (χ1v) is 6.53. The van der Waals surface area contributed by atoms with Gasteiger partial charge in [0.25, 0.3) is 5.88 Å². The van der Waals surface area contributed by atoms with E-state index in [2.05, 4.69) is 10.2 Å². The van der Waals surface area contributed by atoms with Crippen molar-refractivity contribution in [3.8, 4) is 11.6 Å². The van der Waals surface area contributed by atoms with Crippen LogP contribution in [-0.4, -0.2) is 22.2 Å². The maximum atomic E-state index is 11.5. The van der Waals surface area contributed by atoms with Gasteiger partial charge in [-0.05, 0) is 24.6 Å². The number of hydrogen-bond acceptors (Lipinski definition) is 6. The molecule has 0 saturated heterocycles. The number of H-pyrrole nitrogens is 1. The average Bonchev–Trinajstić information content (AvgIpc) is 2.86. The maximum absolute atomic E-state index is 11.5. The molecule has 1 unspecified atom stereocenters. The second kappa shape index (κ2) is 5.06. The molecule has 2 heterocycles. The first-order chi connectivity index (χ1) is 10.5. The number of aromatic nitrogens is 2. The second-order valence-electron chi connectivity index (χ2n) is 4.89. The number of hydrogen-bond donors (Lipinski definition) is 2.